The molecule has 0 unspecified atom stereocenters. The van der Waals surface area contributed by atoms with Crippen LogP contribution in [0.1, 0.15) is 17.3 Å². The van der Waals surface area contributed by atoms with Crippen molar-refractivity contribution in [1.29, 1.82) is 0 Å². The third-order valence-corrected chi connectivity index (χ3v) is 5.64. The maximum atomic E-state index is 13.7. The summed E-state index contributed by atoms with van der Waals surface area (Å²) in [6.45, 7) is 1.38. The van der Waals surface area contributed by atoms with Crippen LogP contribution in [0, 0.1) is 11.6 Å². The van der Waals surface area contributed by atoms with E-state index in [-0.39, 0.29) is 34.7 Å². The van der Waals surface area contributed by atoms with Crippen molar-refractivity contribution in [3.8, 4) is 27.4 Å². The van der Waals surface area contributed by atoms with Crippen molar-refractivity contribution in [2.45, 2.75) is 6.92 Å². The fourth-order valence-electron chi connectivity index (χ4n) is 3.22. The molecule has 0 spiro atoms. The molecule has 0 saturated carbocycles. The van der Waals surface area contributed by atoms with Crippen LogP contribution in [0.5, 0.6) is 5.75 Å². The fraction of sp³-hybridized carbons (Fsp3) is 0.130. The van der Waals surface area contributed by atoms with Gasteiger partial charge in [-0.3, -0.25) is 14.6 Å². The van der Waals surface area contributed by atoms with Gasteiger partial charge in [-0.2, -0.15) is 0 Å². The molecule has 0 radical (unpaired) electrons. The van der Waals surface area contributed by atoms with Crippen LogP contribution in [-0.2, 0) is 9.53 Å². The van der Waals surface area contributed by atoms with Crippen molar-refractivity contribution in [3.63, 3.8) is 0 Å². The summed E-state index contributed by atoms with van der Waals surface area (Å²) in [5.41, 5.74) is 0.915. The Kier molecular flexibility index (Phi) is 6.27. The zero-order valence-corrected chi connectivity index (χ0v) is 18.1. The average Bonchev–Trinajstić information content (AvgIpc) is 3.33. The van der Waals surface area contributed by atoms with E-state index in [2.05, 4.69) is 15.3 Å². The molecule has 0 fully saturated rings. The molecule has 1 amide bonds. The first-order chi connectivity index (χ1) is 15.9. The van der Waals surface area contributed by atoms with E-state index in [0.717, 1.165) is 12.1 Å². The van der Waals surface area contributed by atoms with E-state index in [1.165, 1.54) is 23.6 Å². The van der Waals surface area contributed by atoms with E-state index in [1.54, 1.807) is 25.1 Å². The Balaban J connectivity index is 1.86. The minimum atomic E-state index is -1.06. The van der Waals surface area contributed by atoms with Gasteiger partial charge in [0.1, 0.15) is 23.4 Å². The van der Waals surface area contributed by atoms with Gasteiger partial charge >= 0.3 is 5.97 Å². The molecule has 2 heterocycles. The molecular weight excluding hydrogens is 452 g/mol. The molecule has 0 bridgehead atoms. The Labute approximate surface area is 190 Å². The number of nitrogens with one attached hydrogen (secondary N) is 1. The van der Waals surface area contributed by atoms with E-state index < -0.39 is 30.1 Å². The van der Waals surface area contributed by atoms with Crippen molar-refractivity contribution < 1.29 is 28.2 Å². The predicted octanol–water partition coefficient (Wildman–Crippen LogP) is 4.30. The molecule has 7 nitrogen and oxygen atoms in total. The van der Waals surface area contributed by atoms with Gasteiger partial charge in [0.2, 0.25) is 0 Å². The summed E-state index contributed by atoms with van der Waals surface area (Å²) in [7, 11) is 0. The molecule has 2 aromatic heterocycles. The van der Waals surface area contributed by atoms with E-state index >= 15 is 0 Å². The second-order valence-electron chi connectivity index (χ2n) is 6.86. The minimum absolute atomic E-state index is 0.0383. The monoisotopic (exact) mass is 469 g/mol. The number of benzene rings is 2. The Hall–Kier alpha value is -3.92. The number of thiophene rings is 1. The first-order valence-electron chi connectivity index (χ1n) is 9.85. The van der Waals surface area contributed by atoms with Crippen LogP contribution in [0.2, 0.25) is 0 Å². The predicted molar refractivity (Wildman–Crippen MR) is 119 cm³/mol. The first-order valence-corrected chi connectivity index (χ1v) is 10.7. The Morgan fingerprint density at radius 2 is 2.00 bits per heavy atom. The molecule has 10 heteroatoms. The number of halogens is 2. The molecule has 0 atom stereocenters. The van der Waals surface area contributed by atoms with Crippen LogP contribution in [0.25, 0.3) is 32.7 Å². The average molecular weight is 469 g/mol. The van der Waals surface area contributed by atoms with Gasteiger partial charge in [-0.1, -0.05) is 6.07 Å². The molecule has 4 rings (SSSR count). The third kappa shape index (κ3) is 4.51. The highest BCUT2D eigenvalue weighted by Crippen LogP contribution is 2.39. The number of phenols is 1. The summed E-state index contributed by atoms with van der Waals surface area (Å²) >= 11 is 1.36. The van der Waals surface area contributed by atoms with Crippen molar-refractivity contribution >= 4 is 34.2 Å². The second kappa shape index (κ2) is 9.29. The summed E-state index contributed by atoms with van der Waals surface area (Å²) in [5, 5.41) is 15.2. The number of fused-ring (bicyclic) bond motifs is 1. The highest BCUT2D eigenvalue weighted by atomic mass is 32.1. The standard InChI is InChI=1S/C23H17F2N3O4S/c1-2-32-19(29)11-27-23(31)20-21-16(9-13(22(20)30)18-4-3-7-33-18)26-10-17(28-21)12-5-6-14(24)15(25)8-12/h3-10,30H,2,11H2,1H3,(H,27,31). The number of amides is 1. The molecule has 0 aliphatic heterocycles. The van der Waals surface area contributed by atoms with Gasteiger partial charge in [-0.25, -0.2) is 13.8 Å². The molecule has 33 heavy (non-hydrogen) atoms. The summed E-state index contributed by atoms with van der Waals surface area (Å²) < 4.78 is 31.9. The lowest BCUT2D eigenvalue weighted by atomic mass is 10.0. The summed E-state index contributed by atoms with van der Waals surface area (Å²) in [4.78, 5) is 34.1. The van der Waals surface area contributed by atoms with Crippen LogP contribution in [0.4, 0.5) is 8.78 Å². The molecular formula is C23H17F2N3O4S. The molecule has 2 N–H and O–H groups in total. The zero-order valence-electron chi connectivity index (χ0n) is 17.3. The molecule has 0 saturated heterocycles. The number of nitrogens with zero attached hydrogens (tertiary/aromatic N) is 2. The highest BCUT2D eigenvalue weighted by Gasteiger charge is 2.23. The number of rotatable bonds is 6. The second-order valence-corrected chi connectivity index (χ2v) is 7.81. The SMILES string of the molecule is CCOC(=O)CNC(=O)c1c(O)c(-c2cccs2)cc2ncc(-c3ccc(F)c(F)c3)nc12. The van der Waals surface area contributed by atoms with Crippen molar-refractivity contribution in [1.82, 2.24) is 15.3 Å². The molecule has 0 aliphatic rings. The summed E-state index contributed by atoms with van der Waals surface area (Å²) in [5.74, 6) is -3.82. The van der Waals surface area contributed by atoms with Gasteiger partial charge in [-0.05, 0) is 42.6 Å². The van der Waals surface area contributed by atoms with Gasteiger partial charge in [0.15, 0.2) is 11.6 Å². The summed E-state index contributed by atoms with van der Waals surface area (Å²) in [6, 6.07) is 8.40. The van der Waals surface area contributed by atoms with Gasteiger partial charge in [0, 0.05) is 16.0 Å². The Morgan fingerprint density at radius 1 is 1.18 bits per heavy atom. The fourth-order valence-corrected chi connectivity index (χ4v) is 3.97. The van der Waals surface area contributed by atoms with Crippen molar-refractivity contribution in [2.75, 3.05) is 13.2 Å². The number of aromatic hydroxyl groups is 1. The van der Waals surface area contributed by atoms with Gasteiger partial charge in [-0.15, -0.1) is 11.3 Å². The van der Waals surface area contributed by atoms with E-state index in [9.17, 15) is 23.5 Å². The van der Waals surface area contributed by atoms with Crippen LogP contribution < -0.4 is 5.32 Å². The lowest BCUT2D eigenvalue weighted by molar-refractivity contribution is -0.141. The number of ether oxygens (including phenoxy) is 1. The third-order valence-electron chi connectivity index (χ3n) is 4.74. The van der Waals surface area contributed by atoms with Crippen molar-refractivity contribution in [2.24, 2.45) is 0 Å². The number of hydrogen-bond donors (Lipinski definition) is 2. The number of esters is 1. The van der Waals surface area contributed by atoms with Crippen LogP contribution >= 0.6 is 11.3 Å². The van der Waals surface area contributed by atoms with Crippen molar-refractivity contribution in [3.05, 3.63) is 65.2 Å². The van der Waals surface area contributed by atoms with Crippen LogP contribution in [-0.4, -0.2) is 40.1 Å². The Bertz CT molecular complexity index is 1360. The van der Waals surface area contributed by atoms with Crippen LogP contribution in [0.15, 0.2) is 48.0 Å². The van der Waals surface area contributed by atoms with Crippen LogP contribution in [0.3, 0.4) is 0 Å². The molecule has 4 aromatic rings. The number of hydrogen-bond acceptors (Lipinski definition) is 7. The maximum absolute atomic E-state index is 13.7. The smallest absolute Gasteiger partial charge is 0.325 e. The molecule has 2 aromatic carbocycles. The molecule has 168 valence electrons. The topological polar surface area (TPSA) is 101 Å². The van der Waals surface area contributed by atoms with Gasteiger partial charge in [0.25, 0.3) is 5.91 Å². The minimum Gasteiger partial charge on any atom is -0.506 e. The maximum Gasteiger partial charge on any atom is 0.325 e. The normalized spacial score (nSPS) is 10.9. The largest absolute Gasteiger partial charge is 0.506 e. The highest BCUT2D eigenvalue weighted by molar-refractivity contribution is 7.13. The Morgan fingerprint density at radius 3 is 2.70 bits per heavy atom. The first kappa shape index (κ1) is 22.3. The van der Waals surface area contributed by atoms with E-state index in [4.69, 9.17) is 4.74 Å². The van der Waals surface area contributed by atoms with E-state index in [0.29, 0.717) is 16.0 Å². The zero-order chi connectivity index (χ0) is 23.5. The number of carbonyl (C=O) groups is 2. The lowest BCUT2D eigenvalue weighted by Gasteiger charge is -2.13. The van der Waals surface area contributed by atoms with E-state index in [1.807, 2.05) is 5.38 Å². The number of aromatic nitrogens is 2. The lowest BCUT2D eigenvalue weighted by Crippen LogP contribution is -2.31. The number of phenolic OH excluding ortho intramolecular Hbond substituents is 1. The summed E-state index contributed by atoms with van der Waals surface area (Å²) in [6.07, 6.45) is 1.37. The van der Waals surface area contributed by atoms with Gasteiger partial charge < -0.3 is 15.2 Å². The number of carbonyl (C=O) groups excluding carboxylic acids is 2. The molecule has 0 aliphatic carbocycles. The van der Waals surface area contributed by atoms with Gasteiger partial charge in [0.05, 0.1) is 24.0 Å². The quantitative estimate of drug-likeness (QED) is 0.408.